The first-order chi connectivity index (χ1) is 7.61. The molecule has 0 bridgehead atoms. The molecule has 0 fully saturated rings. The quantitative estimate of drug-likeness (QED) is 0.364. The van der Waals surface area contributed by atoms with Crippen LogP contribution in [0.25, 0.3) is 6.08 Å². The van der Waals surface area contributed by atoms with Crippen molar-refractivity contribution in [3.8, 4) is 0 Å². The van der Waals surface area contributed by atoms with Crippen molar-refractivity contribution in [2.75, 3.05) is 0 Å². The topological polar surface area (TPSA) is 80.4 Å². The van der Waals surface area contributed by atoms with Crippen molar-refractivity contribution in [2.45, 2.75) is 0 Å². The number of nitro groups is 1. The van der Waals surface area contributed by atoms with Gasteiger partial charge in [-0.3, -0.25) is 10.1 Å². The molecule has 5 nitrogen and oxygen atoms in total. The van der Waals surface area contributed by atoms with Crippen LogP contribution in [-0.2, 0) is 4.79 Å². The van der Waals surface area contributed by atoms with Crippen molar-refractivity contribution in [1.29, 1.82) is 0 Å². The molecular formula is C11H9NO4. The molecule has 5 heteroatoms. The Labute approximate surface area is 91.5 Å². The fraction of sp³-hybridized carbons (Fsp3) is 0. The van der Waals surface area contributed by atoms with E-state index in [1.165, 1.54) is 24.3 Å². The number of carboxylic acid groups (broad SMARTS) is 1. The van der Waals surface area contributed by atoms with Crippen LogP contribution >= 0.6 is 0 Å². The second-order valence-corrected chi connectivity index (χ2v) is 2.87. The van der Waals surface area contributed by atoms with Crippen molar-refractivity contribution >= 4 is 17.7 Å². The SMILES string of the molecule is O=C(O)/C=C/C=C/c1ccccc1[N+](=O)[O-]. The molecule has 1 aromatic carbocycles. The van der Waals surface area contributed by atoms with Crippen LogP contribution in [0, 0.1) is 10.1 Å². The summed E-state index contributed by atoms with van der Waals surface area (Å²) >= 11 is 0. The van der Waals surface area contributed by atoms with Gasteiger partial charge >= 0.3 is 5.97 Å². The van der Waals surface area contributed by atoms with Gasteiger partial charge in [-0.2, -0.15) is 0 Å². The number of carbonyl (C=O) groups is 1. The van der Waals surface area contributed by atoms with Gasteiger partial charge in [-0.05, 0) is 12.1 Å². The number of benzene rings is 1. The minimum atomic E-state index is -1.06. The average molecular weight is 219 g/mol. The zero-order chi connectivity index (χ0) is 12.0. The van der Waals surface area contributed by atoms with Gasteiger partial charge in [0.15, 0.2) is 0 Å². The van der Waals surface area contributed by atoms with Crippen molar-refractivity contribution in [3.05, 3.63) is 58.2 Å². The molecule has 0 unspecified atom stereocenters. The maximum Gasteiger partial charge on any atom is 0.328 e. The van der Waals surface area contributed by atoms with Gasteiger partial charge in [0.05, 0.1) is 10.5 Å². The van der Waals surface area contributed by atoms with Crippen molar-refractivity contribution in [3.63, 3.8) is 0 Å². The van der Waals surface area contributed by atoms with Gasteiger partial charge in [-0.1, -0.05) is 24.3 Å². The van der Waals surface area contributed by atoms with Crippen molar-refractivity contribution in [1.82, 2.24) is 0 Å². The van der Waals surface area contributed by atoms with Crippen LogP contribution in [0.4, 0.5) is 5.69 Å². The molecule has 0 amide bonds. The van der Waals surface area contributed by atoms with E-state index in [0.717, 1.165) is 6.08 Å². The van der Waals surface area contributed by atoms with Crippen LogP contribution in [0.2, 0.25) is 0 Å². The summed E-state index contributed by atoms with van der Waals surface area (Å²) in [4.78, 5) is 20.3. The summed E-state index contributed by atoms with van der Waals surface area (Å²) in [6.07, 6.45) is 5.18. The highest BCUT2D eigenvalue weighted by molar-refractivity contribution is 5.80. The number of carboxylic acids is 1. The van der Waals surface area contributed by atoms with Gasteiger partial charge in [0.1, 0.15) is 0 Å². The summed E-state index contributed by atoms with van der Waals surface area (Å²) in [5.41, 5.74) is 0.421. The molecule has 1 N–H and O–H groups in total. The zero-order valence-electron chi connectivity index (χ0n) is 8.24. The first kappa shape index (κ1) is 11.6. The Hall–Kier alpha value is -2.43. The van der Waals surface area contributed by atoms with Crippen LogP contribution in [-0.4, -0.2) is 16.0 Å². The van der Waals surface area contributed by atoms with Crippen LogP contribution in [0.3, 0.4) is 0 Å². The fourth-order valence-corrected chi connectivity index (χ4v) is 1.09. The van der Waals surface area contributed by atoms with E-state index < -0.39 is 10.9 Å². The molecule has 0 spiro atoms. The second-order valence-electron chi connectivity index (χ2n) is 2.87. The maximum absolute atomic E-state index is 10.6. The molecule has 0 saturated carbocycles. The lowest BCUT2D eigenvalue weighted by molar-refractivity contribution is -0.385. The Bertz CT molecular complexity index is 463. The first-order valence-corrected chi connectivity index (χ1v) is 4.42. The number of allylic oxidation sites excluding steroid dienone is 2. The summed E-state index contributed by atoms with van der Waals surface area (Å²) < 4.78 is 0. The predicted molar refractivity (Wildman–Crippen MR) is 58.9 cm³/mol. The molecule has 0 heterocycles. The molecule has 0 atom stereocenters. The Balaban J connectivity index is 2.89. The summed E-state index contributed by atoms with van der Waals surface area (Å²) in [7, 11) is 0. The highest BCUT2D eigenvalue weighted by atomic mass is 16.6. The molecule has 0 aromatic heterocycles. The molecule has 0 aliphatic carbocycles. The molecule has 82 valence electrons. The van der Waals surface area contributed by atoms with Gasteiger partial charge in [-0.15, -0.1) is 0 Å². The highest BCUT2D eigenvalue weighted by Gasteiger charge is 2.08. The molecule has 0 aliphatic rings. The maximum atomic E-state index is 10.6. The van der Waals surface area contributed by atoms with Crippen LogP contribution in [0.5, 0.6) is 0 Å². The van der Waals surface area contributed by atoms with Gasteiger partial charge in [-0.25, -0.2) is 4.79 Å². The number of hydrogen-bond acceptors (Lipinski definition) is 3. The highest BCUT2D eigenvalue weighted by Crippen LogP contribution is 2.18. The summed E-state index contributed by atoms with van der Waals surface area (Å²) in [5.74, 6) is -1.06. The monoisotopic (exact) mass is 219 g/mol. The Morgan fingerprint density at radius 3 is 2.62 bits per heavy atom. The zero-order valence-corrected chi connectivity index (χ0v) is 8.24. The van der Waals surface area contributed by atoms with Gasteiger partial charge in [0.25, 0.3) is 5.69 Å². The fourth-order valence-electron chi connectivity index (χ4n) is 1.09. The lowest BCUT2D eigenvalue weighted by Crippen LogP contribution is -1.90. The Morgan fingerprint density at radius 2 is 2.00 bits per heavy atom. The van der Waals surface area contributed by atoms with Gasteiger partial charge in [0, 0.05) is 12.1 Å². The van der Waals surface area contributed by atoms with E-state index in [1.54, 1.807) is 18.2 Å². The van der Waals surface area contributed by atoms with Gasteiger partial charge in [0.2, 0.25) is 0 Å². The summed E-state index contributed by atoms with van der Waals surface area (Å²) in [5, 5.41) is 18.9. The minimum Gasteiger partial charge on any atom is -0.478 e. The average Bonchev–Trinajstić information content (AvgIpc) is 2.24. The largest absolute Gasteiger partial charge is 0.478 e. The smallest absolute Gasteiger partial charge is 0.328 e. The second kappa shape index (κ2) is 5.45. The minimum absolute atomic E-state index is 0.0116. The predicted octanol–water partition coefficient (Wildman–Crippen LogP) is 2.25. The molecule has 0 radical (unpaired) electrons. The van der Waals surface area contributed by atoms with E-state index in [2.05, 4.69) is 0 Å². The third kappa shape index (κ3) is 3.38. The number of para-hydroxylation sites is 1. The molecule has 1 rings (SSSR count). The van der Waals surface area contributed by atoms with Crippen LogP contribution in [0.1, 0.15) is 5.56 Å². The lowest BCUT2D eigenvalue weighted by atomic mass is 10.1. The third-order valence-electron chi connectivity index (χ3n) is 1.76. The number of hydrogen-bond donors (Lipinski definition) is 1. The Kier molecular flexibility index (Phi) is 3.97. The van der Waals surface area contributed by atoms with Gasteiger partial charge < -0.3 is 5.11 Å². The third-order valence-corrected chi connectivity index (χ3v) is 1.76. The van der Waals surface area contributed by atoms with E-state index in [4.69, 9.17) is 5.11 Å². The van der Waals surface area contributed by atoms with Crippen molar-refractivity contribution < 1.29 is 14.8 Å². The van der Waals surface area contributed by atoms with E-state index in [-0.39, 0.29) is 5.69 Å². The van der Waals surface area contributed by atoms with E-state index in [9.17, 15) is 14.9 Å². The van der Waals surface area contributed by atoms with Crippen LogP contribution in [0.15, 0.2) is 42.5 Å². The number of aliphatic carboxylic acids is 1. The molecular weight excluding hydrogens is 210 g/mol. The number of rotatable bonds is 4. The van der Waals surface area contributed by atoms with Crippen molar-refractivity contribution in [2.24, 2.45) is 0 Å². The van der Waals surface area contributed by atoms with E-state index >= 15 is 0 Å². The van der Waals surface area contributed by atoms with Crippen LogP contribution < -0.4 is 0 Å². The first-order valence-electron chi connectivity index (χ1n) is 4.42. The summed E-state index contributed by atoms with van der Waals surface area (Å²) in [6, 6.07) is 6.22. The van der Waals surface area contributed by atoms with E-state index in [0.29, 0.717) is 5.56 Å². The summed E-state index contributed by atoms with van der Waals surface area (Å²) in [6.45, 7) is 0. The molecule has 0 saturated heterocycles. The lowest BCUT2D eigenvalue weighted by Gasteiger charge is -1.94. The molecule has 16 heavy (non-hydrogen) atoms. The molecule has 1 aromatic rings. The van der Waals surface area contributed by atoms with E-state index in [1.807, 2.05) is 0 Å². The Morgan fingerprint density at radius 1 is 1.31 bits per heavy atom. The number of nitro benzene ring substituents is 1. The number of nitrogens with zero attached hydrogens (tertiary/aromatic N) is 1. The standard InChI is InChI=1S/C11H9NO4/c13-11(14)8-4-2-6-9-5-1-3-7-10(9)12(15)16/h1-8H,(H,13,14)/b6-2+,8-4+. The normalized spacial score (nSPS) is 11.0. The molecule has 0 aliphatic heterocycles.